The van der Waals surface area contributed by atoms with Crippen molar-refractivity contribution in [1.82, 2.24) is 30.7 Å². The van der Waals surface area contributed by atoms with Crippen molar-refractivity contribution in [2.24, 2.45) is 0 Å². The molecule has 294 valence electrons. The van der Waals surface area contributed by atoms with Crippen molar-refractivity contribution in [2.75, 3.05) is 25.4 Å². The molecule has 0 aromatic heterocycles. The maximum Gasteiger partial charge on any atom is 0.329 e. The van der Waals surface area contributed by atoms with Gasteiger partial charge in [-0.1, -0.05) is 38.0 Å². The van der Waals surface area contributed by atoms with Gasteiger partial charge >= 0.3 is 5.97 Å². The molecule has 0 radical (unpaired) electrons. The van der Waals surface area contributed by atoms with Gasteiger partial charge in [0.1, 0.15) is 42.4 Å². The molecule has 15 nitrogen and oxygen atoms in total. The molecular weight excluding hydrogens is 694 g/mol. The van der Waals surface area contributed by atoms with Crippen LogP contribution >= 0.6 is 0 Å². The summed E-state index contributed by atoms with van der Waals surface area (Å²) in [6.45, 7) is 5.89. The van der Waals surface area contributed by atoms with E-state index in [0.29, 0.717) is 69.2 Å². The Labute approximate surface area is 316 Å². The predicted octanol–water partition coefficient (Wildman–Crippen LogP) is 1.34. The fraction of sp³-hybridized carbons (Fsp3) is 0.615. The van der Waals surface area contributed by atoms with Crippen LogP contribution in [0.5, 0.6) is 0 Å². The molecule has 5 rings (SSSR count). The van der Waals surface area contributed by atoms with Crippen LogP contribution < -0.4 is 21.7 Å². The second-order valence-electron chi connectivity index (χ2n) is 14.8. The van der Waals surface area contributed by atoms with Crippen molar-refractivity contribution in [3.63, 3.8) is 0 Å². The topological polar surface area (TPSA) is 201 Å². The summed E-state index contributed by atoms with van der Waals surface area (Å²) in [4.78, 5) is 101. The van der Waals surface area contributed by atoms with Gasteiger partial charge < -0.3 is 41.1 Å². The molecule has 1 aromatic carbocycles. The largest absolute Gasteiger partial charge is 0.458 e. The summed E-state index contributed by atoms with van der Waals surface area (Å²) in [6, 6.07) is 0.634. The second-order valence-corrected chi connectivity index (χ2v) is 14.8. The van der Waals surface area contributed by atoms with E-state index in [4.69, 9.17) is 10.5 Å². The molecular formula is C39H55N7O8. The number of carbonyl (C=O) groups is 7. The molecule has 0 saturated carbocycles. The smallest absolute Gasteiger partial charge is 0.329 e. The number of hydrogen-bond acceptors (Lipinski definition) is 9. The average molecular weight is 750 g/mol. The van der Waals surface area contributed by atoms with E-state index >= 15 is 0 Å². The molecule has 4 aliphatic rings. The zero-order valence-corrected chi connectivity index (χ0v) is 31.6. The number of allylic oxidation sites excluding steroid dienone is 1. The van der Waals surface area contributed by atoms with Gasteiger partial charge in [-0.2, -0.15) is 0 Å². The number of anilines is 1. The molecule has 15 heteroatoms. The highest BCUT2D eigenvalue weighted by Gasteiger charge is 2.46. The van der Waals surface area contributed by atoms with Crippen LogP contribution in [-0.2, 0) is 44.7 Å². The van der Waals surface area contributed by atoms with Crippen LogP contribution in [0.15, 0.2) is 36.4 Å². The van der Waals surface area contributed by atoms with E-state index in [-0.39, 0.29) is 25.4 Å². The van der Waals surface area contributed by atoms with Gasteiger partial charge in [0.05, 0.1) is 0 Å². The Bertz CT molecular complexity index is 1620. The summed E-state index contributed by atoms with van der Waals surface area (Å²) in [5, 5.41) is 8.32. The van der Waals surface area contributed by atoms with E-state index in [9.17, 15) is 33.6 Å². The SMILES string of the molecule is CCCC/C=C/C(=O)N[C@@H](Cc1cccc(N)c1)C(=O)N[C@@H]1C(=O)N2CCC[C@@H]2C(=O)N2CCCC[C@@H]2C(=O)N[C@@H](C)C(=O)N2CCC[C@@H]2C(=O)O[C@H]1C. The third kappa shape index (κ3) is 9.58. The molecule has 0 unspecified atom stereocenters. The number of cyclic esters (lactones) is 1. The number of hydrogen-bond donors (Lipinski definition) is 4. The van der Waals surface area contributed by atoms with Crippen LogP contribution in [0.25, 0.3) is 0 Å². The lowest BCUT2D eigenvalue weighted by Crippen LogP contribution is -2.63. The number of nitrogen functional groups attached to an aromatic ring is 1. The van der Waals surface area contributed by atoms with E-state index in [2.05, 4.69) is 16.0 Å². The Balaban J connectivity index is 1.48. The molecule has 4 aliphatic heterocycles. The highest BCUT2D eigenvalue weighted by Crippen LogP contribution is 2.27. The number of unbranched alkanes of at least 4 members (excludes halogenated alkanes) is 2. The third-order valence-corrected chi connectivity index (χ3v) is 10.8. The number of nitrogens with one attached hydrogen (secondary N) is 3. The normalized spacial score (nSPS) is 27.5. The number of amides is 6. The lowest BCUT2D eigenvalue weighted by atomic mass is 9.99. The van der Waals surface area contributed by atoms with Crippen molar-refractivity contribution in [3.8, 4) is 0 Å². The first-order valence-corrected chi connectivity index (χ1v) is 19.4. The number of rotatable bonds is 9. The standard InChI is InChI=1S/C39H55N7O8/c1-4-5-6-7-18-32(47)42-28(23-26-13-10-14-27(40)22-26)34(48)43-33-25(3)54-39(53)31-17-12-21-46(31)36(50)24(2)41-35(49)29-15-8-9-19-44(29)37(51)30-16-11-20-45(30)38(33)52/h7,10,13-14,18,22,24-25,28-31,33H,4-6,8-9,11-12,15-17,19-21,23,40H2,1-3H3,(H,41,49)(H,42,47)(H,43,48)/b18-7+/t24-,25-,28-,29+,30+,31+,33-/m0/s1. The summed E-state index contributed by atoms with van der Waals surface area (Å²) in [5.74, 6) is -3.89. The number of nitrogens with zero attached hydrogens (tertiary/aromatic N) is 3. The van der Waals surface area contributed by atoms with Crippen molar-refractivity contribution in [3.05, 3.63) is 42.0 Å². The molecule has 4 fully saturated rings. The number of fused-ring (bicyclic) bond motifs is 3. The Morgan fingerprint density at radius 1 is 0.907 bits per heavy atom. The summed E-state index contributed by atoms with van der Waals surface area (Å²) in [7, 11) is 0. The van der Waals surface area contributed by atoms with Gasteiger partial charge in [0.15, 0.2) is 0 Å². The molecule has 1 aromatic rings. The van der Waals surface area contributed by atoms with E-state index in [1.165, 1.54) is 27.7 Å². The van der Waals surface area contributed by atoms with E-state index in [1.807, 2.05) is 6.92 Å². The number of carbonyl (C=O) groups excluding carboxylic acids is 7. The number of nitrogens with two attached hydrogens (primary N) is 1. The van der Waals surface area contributed by atoms with E-state index in [1.54, 1.807) is 37.3 Å². The van der Waals surface area contributed by atoms with Crippen LogP contribution in [0.1, 0.15) is 90.5 Å². The molecule has 0 spiro atoms. The maximum absolute atomic E-state index is 14.6. The van der Waals surface area contributed by atoms with Crippen LogP contribution in [0.3, 0.4) is 0 Å². The molecule has 0 aliphatic carbocycles. The highest BCUT2D eigenvalue weighted by molar-refractivity contribution is 5.98. The first-order chi connectivity index (χ1) is 25.9. The zero-order valence-electron chi connectivity index (χ0n) is 31.6. The summed E-state index contributed by atoms with van der Waals surface area (Å²) >= 11 is 0. The van der Waals surface area contributed by atoms with Crippen molar-refractivity contribution in [2.45, 2.75) is 134 Å². The Morgan fingerprint density at radius 2 is 1.57 bits per heavy atom. The number of ether oxygens (including phenoxy) is 1. The van der Waals surface area contributed by atoms with Crippen LogP contribution in [0.2, 0.25) is 0 Å². The van der Waals surface area contributed by atoms with Gasteiger partial charge in [-0.05, 0) is 89.0 Å². The van der Waals surface area contributed by atoms with Crippen molar-refractivity contribution < 1.29 is 38.3 Å². The lowest BCUT2D eigenvalue weighted by Gasteiger charge is -2.39. The molecule has 4 heterocycles. The second kappa shape index (κ2) is 18.4. The van der Waals surface area contributed by atoms with Crippen LogP contribution in [0, 0.1) is 0 Å². The molecule has 4 saturated heterocycles. The first-order valence-electron chi connectivity index (χ1n) is 19.4. The van der Waals surface area contributed by atoms with Crippen molar-refractivity contribution in [1.29, 1.82) is 0 Å². The fourth-order valence-electron chi connectivity index (χ4n) is 7.88. The first kappa shape index (κ1) is 40.2. The molecule has 5 N–H and O–H groups in total. The maximum atomic E-state index is 14.6. The van der Waals surface area contributed by atoms with Crippen LogP contribution in [0.4, 0.5) is 5.69 Å². The number of esters is 1. The Morgan fingerprint density at radius 3 is 2.30 bits per heavy atom. The van der Waals surface area contributed by atoms with Gasteiger partial charge in [0.2, 0.25) is 35.4 Å². The van der Waals surface area contributed by atoms with Gasteiger partial charge in [-0.3, -0.25) is 28.8 Å². The minimum Gasteiger partial charge on any atom is -0.458 e. The van der Waals surface area contributed by atoms with Gasteiger partial charge in [-0.25, -0.2) is 4.79 Å². The fourth-order valence-corrected chi connectivity index (χ4v) is 7.88. The third-order valence-electron chi connectivity index (χ3n) is 10.8. The summed E-state index contributed by atoms with van der Waals surface area (Å²) in [6.07, 6.45) is 7.96. The monoisotopic (exact) mass is 749 g/mol. The Kier molecular flexibility index (Phi) is 13.7. The number of benzene rings is 1. The average Bonchev–Trinajstić information content (AvgIpc) is 3.85. The molecule has 0 bridgehead atoms. The minimum absolute atomic E-state index is 0.0427. The van der Waals surface area contributed by atoms with Gasteiger partial charge in [0, 0.05) is 31.7 Å². The van der Waals surface area contributed by atoms with Gasteiger partial charge in [0.25, 0.3) is 0 Å². The van der Waals surface area contributed by atoms with Gasteiger partial charge in [-0.15, -0.1) is 0 Å². The molecule has 7 atom stereocenters. The number of piperidine rings is 1. The predicted molar refractivity (Wildman–Crippen MR) is 199 cm³/mol. The van der Waals surface area contributed by atoms with E-state index in [0.717, 1.165) is 12.8 Å². The van der Waals surface area contributed by atoms with E-state index < -0.39 is 77.9 Å². The Hall–Kier alpha value is -4.95. The highest BCUT2D eigenvalue weighted by atomic mass is 16.5. The molecule has 6 amide bonds. The zero-order chi connectivity index (χ0) is 38.9. The summed E-state index contributed by atoms with van der Waals surface area (Å²) in [5.41, 5.74) is 7.15. The lowest BCUT2D eigenvalue weighted by molar-refractivity contribution is -0.163. The van der Waals surface area contributed by atoms with Crippen LogP contribution in [-0.4, -0.2) is 118 Å². The molecule has 54 heavy (non-hydrogen) atoms. The van der Waals surface area contributed by atoms with Crippen molar-refractivity contribution >= 4 is 47.1 Å². The quantitative estimate of drug-likeness (QED) is 0.125. The summed E-state index contributed by atoms with van der Waals surface area (Å²) < 4.78 is 5.89. The minimum atomic E-state index is -1.45.